The molecule has 2 aromatic carbocycles. The zero-order chi connectivity index (χ0) is 21.1. The average molecular weight is 406 g/mol. The van der Waals surface area contributed by atoms with Crippen molar-refractivity contribution in [3.63, 3.8) is 0 Å². The highest BCUT2D eigenvalue weighted by atomic mass is 16.5. The molecule has 0 saturated carbocycles. The Hall–Kier alpha value is -3.35. The van der Waals surface area contributed by atoms with Crippen molar-refractivity contribution in [1.29, 1.82) is 0 Å². The Balaban J connectivity index is 1.68. The second-order valence-corrected chi connectivity index (χ2v) is 7.32. The number of carbonyl (C=O) groups is 1. The van der Waals surface area contributed by atoms with E-state index >= 15 is 0 Å². The summed E-state index contributed by atoms with van der Waals surface area (Å²) in [5.74, 6) is 0.597. The predicted molar refractivity (Wildman–Crippen MR) is 117 cm³/mol. The number of hydrogen-bond donors (Lipinski definition) is 0. The van der Waals surface area contributed by atoms with Crippen LogP contribution in [-0.2, 0) is 29.2 Å². The summed E-state index contributed by atoms with van der Waals surface area (Å²) < 4.78 is 10.8. The third kappa shape index (κ3) is 3.75. The Morgan fingerprint density at radius 2 is 1.60 bits per heavy atom. The number of hydrogen-bond acceptors (Lipinski definition) is 4. The number of para-hydroxylation sites is 4. The van der Waals surface area contributed by atoms with Gasteiger partial charge in [-0.1, -0.05) is 24.3 Å². The van der Waals surface area contributed by atoms with Gasteiger partial charge in [-0.3, -0.25) is 13.9 Å². The van der Waals surface area contributed by atoms with Crippen LogP contribution < -0.4 is 5.69 Å². The molecule has 0 bridgehead atoms. The van der Waals surface area contributed by atoms with Gasteiger partial charge in [-0.15, -0.1) is 0 Å². The molecule has 0 unspecified atom stereocenters. The molecule has 30 heavy (non-hydrogen) atoms. The lowest BCUT2D eigenvalue weighted by atomic mass is 10.3. The molecule has 0 spiro atoms. The van der Waals surface area contributed by atoms with Gasteiger partial charge >= 0.3 is 11.7 Å². The molecule has 0 amide bonds. The van der Waals surface area contributed by atoms with E-state index in [-0.39, 0.29) is 11.7 Å². The standard InChI is InChI=1S/C23H26N4O3/c1-3-25-20-12-6-7-13-21(20)27(23(25)29)16-22-24-18-10-4-5-11-19(18)26(22)14-8-9-15-30-17(2)28/h4-7,10-13H,3,8-9,14-16H2,1-2H3. The van der Waals surface area contributed by atoms with Gasteiger partial charge in [0, 0.05) is 20.0 Å². The smallest absolute Gasteiger partial charge is 0.329 e. The summed E-state index contributed by atoms with van der Waals surface area (Å²) >= 11 is 0. The predicted octanol–water partition coefficient (Wildman–Crippen LogP) is 3.56. The van der Waals surface area contributed by atoms with E-state index in [2.05, 4.69) is 10.6 Å². The monoisotopic (exact) mass is 406 g/mol. The summed E-state index contributed by atoms with van der Waals surface area (Å²) in [6, 6.07) is 15.9. The fourth-order valence-corrected chi connectivity index (χ4v) is 3.96. The Morgan fingerprint density at radius 1 is 0.933 bits per heavy atom. The molecule has 0 N–H and O–H groups in total. The molecule has 0 aliphatic rings. The number of aryl methyl sites for hydroxylation is 2. The van der Waals surface area contributed by atoms with Crippen LogP contribution >= 0.6 is 0 Å². The molecule has 4 rings (SSSR count). The first kappa shape index (κ1) is 19.9. The third-order valence-corrected chi connectivity index (χ3v) is 5.36. The zero-order valence-corrected chi connectivity index (χ0v) is 17.4. The van der Waals surface area contributed by atoms with Crippen molar-refractivity contribution in [2.45, 2.75) is 46.3 Å². The van der Waals surface area contributed by atoms with Gasteiger partial charge in [-0.25, -0.2) is 9.78 Å². The topological polar surface area (TPSA) is 71.1 Å². The highest BCUT2D eigenvalue weighted by Gasteiger charge is 2.16. The molecule has 7 heteroatoms. The number of imidazole rings is 2. The van der Waals surface area contributed by atoms with Crippen molar-refractivity contribution < 1.29 is 9.53 Å². The Kier molecular flexibility index (Phi) is 5.70. The molecule has 0 saturated heterocycles. The van der Waals surface area contributed by atoms with Crippen molar-refractivity contribution >= 4 is 28.0 Å². The third-order valence-electron chi connectivity index (χ3n) is 5.36. The molecular weight excluding hydrogens is 380 g/mol. The van der Waals surface area contributed by atoms with Crippen LogP contribution in [0.1, 0.15) is 32.5 Å². The lowest BCUT2D eigenvalue weighted by molar-refractivity contribution is -0.141. The van der Waals surface area contributed by atoms with E-state index in [1.54, 1.807) is 9.13 Å². The van der Waals surface area contributed by atoms with Crippen LogP contribution in [0.5, 0.6) is 0 Å². The number of ether oxygens (including phenoxy) is 1. The fraction of sp³-hybridized carbons (Fsp3) is 0.348. The van der Waals surface area contributed by atoms with Gasteiger partial charge in [0.2, 0.25) is 0 Å². The first-order valence-corrected chi connectivity index (χ1v) is 10.4. The summed E-state index contributed by atoms with van der Waals surface area (Å²) in [7, 11) is 0. The Morgan fingerprint density at radius 3 is 2.30 bits per heavy atom. The zero-order valence-electron chi connectivity index (χ0n) is 17.4. The minimum Gasteiger partial charge on any atom is -0.466 e. The van der Waals surface area contributed by atoms with Gasteiger partial charge in [0.15, 0.2) is 0 Å². The van der Waals surface area contributed by atoms with Crippen molar-refractivity contribution in [1.82, 2.24) is 18.7 Å². The second kappa shape index (κ2) is 8.57. The lowest BCUT2D eigenvalue weighted by Crippen LogP contribution is -2.25. The van der Waals surface area contributed by atoms with Crippen LogP contribution in [0.4, 0.5) is 0 Å². The van der Waals surface area contributed by atoms with Crippen LogP contribution in [0.25, 0.3) is 22.1 Å². The maximum atomic E-state index is 13.1. The number of esters is 1. The molecule has 0 radical (unpaired) electrons. The van der Waals surface area contributed by atoms with Gasteiger partial charge in [0.25, 0.3) is 0 Å². The minimum atomic E-state index is -0.254. The SMILES string of the molecule is CCn1c(=O)n(Cc2nc3ccccc3n2CCCCOC(C)=O)c2ccccc21. The molecule has 2 aromatic heterocycles. The van der Waals surface area contributed by atoms with Gasteiger partial charge in [-0.2, -0.15) is 0 Å². The molecule has 156 valence electrons. The molecule has 0 aliphatic carbocycles. The number of fused-ring (bicyclic) bond motifs is 2. The Bertz CT molecular complexity index is 1250. The maximum Gasteiger partial charge on any atom is 0.329 e. The van der Waals surface area contributed by atoms with E-state index in [0.29, 0.717) is 19.7 Å². The summed E-state index contributed by atoms with van der Waals surface area (Å²) in [5.41, 5.74) is 3.80. The summed E-state index contributed by atoms with van der Waals surface area (Å²) in [6.07, 6.45) is 1.63. The Labute approximate surface area is 174 Å². The minimum absolute atomic E-state index is 0.0211. The van der Waals surface area contributed by atoms with Crippen molar-refractivity contribution in [3.8, 4) is 0 Å². The van der Waals surface area contributed by atoms with E-state index in [4.69, 9.17) is 9.72 Å². The fourth-order valence-electron chi connectivity index (χ4n) is 3.96. The van der Waals surface area contributed by atoms with Crippen LogP contribution in [0.2, 0.25) is 0 Å². The van der Waals surface area contributed by atoms with Crippen molar-refractivity contribution in [2.75, 3.05) is 6.61 Å². The van der Waals surface area contributed by atoms with E-state index in [1.165, 1.54) is 6.92 Å². The van der Waals surface area contributed by atoms with Gasteiger partial charge < -0.3 is 9.30 Å². The highest BCUT2D eigenvalue weighted by molar-refractivity contribution is 5.77. The molecule has 2 heterocycles. The van der Waals surface area contributed by atoms with Crippen LogP contribution in [-0.4, -0.2) is 31.3 Å². The summed E-state index contributed by atoms with van der Waals surface area (Å²) in [5, 5.41) is 0. The molecule has 0 fully saturated rings. The number of unbranched alkanes of at least 4 members (excludes halogenated alkanes) is 1. The number of carbonyl (C=O) groups excluding carboxylic acids is 1. The quantitative estimate of drug-likeness (QED) is 0.331. The molecule has 0 aliphatic heterocycles. The first-order valence-electron chi connectivity index (χ1n) is 10.4. The van der Waals surface area contributed by atoms with E-state index in [1.807, 2.05) is 49.4 Å². The normalized spacial score (nSPS) is 11.4. The molecule has 4 aromatic rings. The average Bonchev–Trinajstić information content (AvgIpc) is 3.22. The van der Waals surface area contributed by atoms with E-state index in [9.17, 15) is 9.59 Å². The van der Waals surface area contributed by atoms with Gasteiger partial charge in [0.05, 0.1) is 35.2 Å². The number of aromatic nitrogens is 4. The van der Waals surface area contributed by atoms with Crippen LogP contribution in [0, 0.1) is 0 Å². The first-order chi connectivity index (χ1) is 14.6. The largest absolute Gasteiger partial charge is 0.466 e. The van der Waals surface area contributed by atoms with Crippen molar-refractivity contribution in [2.24, 2.45) is 0 Å². The van der Waals surface area contributed by atoms with Gasteiger partial charge in [-0.05, 0) is 44.0 Å². The molecule has 0 atom stereocenters. The summed E-state index contributed by atoms with van der Waals surface area (Å²) in [6.45, 7) is 5.60. The van der Waals surface area contributed by atoms with Crippen molar-refractivity contribution in [3.05, 3.63) is 64.8 Å². The second-order valence-electron chi connectivity index (χ2n) is 7.32. The number of rotatable bonds is 8. The van der Waals surface area contributed by atoms with E-state index in [0.717, 1.165) is 47.3 Å². The number of nitrogens with zero attached hydrogens (tertiary/aromatic N) is 4. The molecule has 7 nitrogen and oxygen atoms in total. The number of benzene rings is 2. The molecular formula is C23H26N4O3. The van der Waals surface area contributed by atoms with Crippen LogP contribution in [0.3, 0.4) is 0 Å². The summed E-state index contributed by atoms with van der Waals surface area (Å²) in [4.78, 5) is 28.8. The highest BCUT2D eigenvalue weighted by Crippen LogP contribution is 2.20. The van der Waals surface area contributed by atoms with Gasteiger partial charge in [0.1, 0.15) is 5.82 Å². The maximum absolute atomic E-state index is 13.1. The lowest BCUT2D eigenvalue weighted by Gasteiger charge is -2.10. The van der Waals surface area contributed by atoms with E-state index < -0.39 is 0 Å². The van der Waals surface area contributed by atoms with Crippen LogP contribution in [0.15, 0.2) is 53.3 Å².